The first-order valence-electron chi connectivity index (χ1n) is 7.61. The first-order chi connectivity index (χ1) is 9.01. The van der Waals surface area contributed by atoms with E-state index in [-0.39, 0.29) is 5.54 Å². The van der Waals surface area contributed by atoms with E-state index < -0.39 is 0 Å². The van der Waals surface area contributed by atoms with Crippen molar-refractivity contribution >= 4 is 5.69 Å². The van der Waals surface area contributed by atoms with Crippen molar-refractivity contribution in [3.05, 3.63) is 29.8 Å². The van der Waals surface area contributed by atoms with Crippen molar-refractivity contribution in [1.29, 1.82) is 0 Å². The molecule has 0 amide bonds. The van der Waals surface area contributed by atoms with E-state index in [1.807, 2.05) is 0 Å². The molecule has 0 spiro atoms. The van der Waals surface area contributed by atoms with Crippen LogP contribution >= 0.6 is 0 Å². The number of aryl methyl sites for hydroxylation is 1. The van der Waals surface area contributed by atoms with E-state index in [1.54, 1.807) is 0 Å². The van der Waals surface area contributed by atoms with Crippen LogP contribution in [0.2, 0.25) is 0 Å². The minimum atomic E-state index is 0.197. The van der Waals surface area contributed by atoms with Gasteiger partial charge in [0.1, 0.15) is 0 Å². The molecule has 0 aromatic heterocycles. The lowest BCUT2D eigenvalue weighted by Crippen LogP contribution is -2.49. The summed E-state index contributed by atoms with van der Waals surface area (Å²) in [6, 6.07) is 9.50. The lowest BCUT2D eigenvalue weighted by Gasteiger charge is -2.39. The molecule has 1 heterocycles. The van der Waals surface area contributed by atoms with Crippen molar-refractivity contribution in [3.63, 3.8) is 0 Å². The molecule has 1 aromatic carbocycles. The molecule has 0 fully saturated rings. The molecule has 19 heavy (non-hydrogen) atoms. The Labute approximate surface area is 118 Å². The molecule has 1 unspecified atom stereocenters. The van der Waals surface area contributed by atoms with Crippen LogP contribution in [0.5, 0.6) is 0 Å². The third-order valence-electron chi connectivity index (χ3n) is 3.93. The highest BCUT2D eigenvalue weighted by Crippen LogP contribution is 2.29. The molecule has 1 aromatic rings. The van der Waals surface area contributed by atoms with Crippen molar-refractivity contribution in [2.45, 2.75) is 58.5 Å². The summed E-state index contributed by atoms with van der Waals surface area (Å²) >= 11 is 0. The van der Waals surface area contributed by atoms with Crippen molar-refractivity contribution < 1.29 is 0 Å². The molecule has 0 saturated carbocycles. The van der Waals surface area contributed by atoms with E-state index >= 15 is 0 Å². The molecule has 1 atom stereocenters. The van der Waals surface area contributed by atoms with Crippen LogP contribution in [0.3, 0.4) is 0 Å². The Hall–Kier alpha value is -1.02. The lowest BCUT2D eigenvalue weighted by atomic mass is 9.98. The van der Waals surface area contributed by atoms with Crippen LogP contribution in [0, 0.1) is 0 Å². The lowest BCUT2D eigenvalue weighted by molar-refractivity contribution is 0.390. The van der Waals surface area contributed by atoms with Crippen LogP contribution in [0.25, 0.3) is 0 Å². The predicted molar refractivity (Wildman–Crippen MR) is 83.9 cm³/mol. The molecule has 2 rings (SSSR count). The van der Waals surface area contributed by atoms with Gasteiger partial charge in [0.05, 0.1) is 0 Å². The molecule has 0 aliphatic carbocycles. The van der Waals surface area contributed by atoms with Gasteiger partial charge in [-0.1, -0.05) is 25.1 Å². The molecule has 0 radical (unpaired) electrons. The Kier molecular flexibility index (Phi) is 4.51. The zero-order chi connectivity index (χ0) is 13.9. The Morgan fingerprint density at radius 1 is 1.26 bits per heavy atom. The predicted octanol–water partition coefficient (Wildman–Crippen LogP) is 3.61. The van der Waals surface area contributed by atoms with Gasteiger partial charge in [-0.2, -0.15) is 0 Å². The van der Waals surface area contributed by atoms with E-state index in [1.165, 1.54) is 37.1 Å². The van der Waals surface area contributed by atoms with Crippen molar-refractivity contribution in [2.75, 3.05) is 18.0 Å². The molecule has 0 bridgehead atoms. The summed E-state index contributed by atoms with van der Waals surface area (Å²) in [5.41, 5.74) is 3.17. The van der Waals surface area contributed by atoms with Crippen LogP contribution in [0.15, 0.2) is 24.3 Å². The zero-order valence-corrected chi connectivity index (χ0v) is 12.9. The number of rotatable bonds is 4. The van der Waals surface area contributed by atoms with E-state index in [0.29, 0.717) is 6.04 Å². The fraction of sp³-hybridized carbons (Fsp3) is 0.647. The number of benzene rings is 1. The molecule has 2 nitrogen and oxygen atoms in total. The van der Waals surface area contributed by atoms with E-state index in [0.717, 1.165) is 6.54 Å². The third kappa shape index (κ3) is 3.73. The van der Waals surface area contributed by atoms with Crippen LogP contribution in [-0.4, -0.2) is 24.7 Å². The van der Waals surface area contributed by atoms with Gasteiger partial charge in [-0.15, -0.1) is 0 Å². The topological polar surface area (TPSA) is 15.3 Å². The molecular weight excluding hydrogens is 232 g/mol. The summed E-state index contributed by atoms with van der Waals surface area (Å²) in [5.74, 6) is 0. The van der Waals surface area contributed by atoms with Crippen molar-refractivity contribution in [2.24, 2.45) is 0 Å². The highest BCUT2D eigenvalue weighted by Gasteiger charge is 2.23. The zero-order valence-electron chi connectivity index (χ0n) is 12.9. The van der Waals surface area contributed by atoms with E-state index in [9.17, 15) is 0 Å². The number of para-hydroxylation sites is 1. The highest BCUT2D eigenvalue weighted by atomic mass is 15.2. The average Bonchev–Trinajstić information content (AvgIpc) is 2.38. The summed E-state index contributed by atoms with van der Waals surface area (Å²) < 4.78 is 0. The fourth-order valence-corrected chi connectivity index (χ4v) is 2.84. The largest absolute Gasteiger partial charge is 0.367 e. The van der Waals surface area contributed by atoms with Gasteiger partial charge in [0.25, 0.3) is 0 Å². The molecule has 1 N–H and O–H groups in total. The standard InChI is InChI=1S/C17H28N2/c1-5-15(13-18-17(2,3)4)19-12-8-10-14-9-6-7-11-16(14)19/h6-7,9,11,15,18H,5,8,10,12-13H2,1-4H3. The smallest absolute Gasteiger partial charge is 0.0412 e. The average molecular weight is 260 g/mol. The van der Waals surface area contributed by atoms with Gasteiger partial charge in [-0.3, -0.25) is 0 Å². The molecule has 106 valence electrons. The van der Waals surface area contributed by atoms with Crippen molar-refractivity contribution in [1.82, 2.24) is 5.32 Å². The maximum Gasteiger partial charge on any atom is 0.0412 e. The minimum Gasteiger partial charge on any atom is -0.367 e. The first-order valence-corrected chi connectivity index (χ1v) is 7.61. The maximum atomic E-state index is 3.66. The highest BCUT2D eigenvalue weighted by molar-refractivity contribution is 5.56. The maximum absolute atomic E-state index is 3.66. The Balaban J connectivity index is 2.11. The van der Waals surface area contributed by atoms with Gasteiger partial charge in [0, 0.05) is 30.4 Å². The van der Waals surface area contributed by atoms with Crippen molar-refractivity contribution in [3.8, 4) is 0 Å². The second-order valence-corrected chi connectivity index (χ2v) is 6.62. The Morgan fingerprint density at radius 2 is 2.00 bits per heavy atom. The Morgan fingerprint density at radius 3 is 2.68 bits per heavy atom. The quantitative estimate of drug-likeness (QED) is 0.889. The molecular formula is C17H28N2. The van der Waals surface area contributed by atoms with Crippen LogP contribution in [0.4, 0.5) is 5.69 Å². The summed E-state index contributed by atoms with van der Waals surface area (Å²) in [6.45, 7) is 11.3. The number of fused-ring (bicyclic) bond motifs is 1. The third-order valence-corrected chi connectivity index (χ3v) is 3.93. The van der Waals surface area contributed by atoms with Gasteiger partial charge in [-0.05, 0) is 51.7 Å². The number of anilines is 1. The SMILES string of the molecule is CCC(CNC(C)(C)C)N1CCCc2ccccc21. The molecule has 1 aliphatic rings. The van der Waals surface area contributed by atoms with Gasteiger partial charge in [-0.25, -0.2) is 0 Å². The normalized spacial score (nSPS) is 17.2. The van der Waals surface area contributed by atoms with Gasteiger partial charge in [0.2, 0.25) is 0 Å². The van der Waals surface area contributed by atoms with Crippen LogP contribution < -0.4 is 10.2 Å². The first kappa shape index (κ1) is 14.4. The fourth-order valence-electron chi connectivity index (χ4n) is 2.84. The molecule has 0 saturated heterocycles. The minimum absolute atomic E-state index is 0.197. The van der Waals surface area contributed by atoms with E-state index in [4.69, 9.17) is 0 Å². The van der Waals surface area contributed by atoms with Crippen LogP contribution in [-0.2, 0) is 6.42 Å². The summed E-state index contributed by atoms with van der Waals surface area (Å²) in [5, 5.41) is 3.66. The van der Waals surface area contributed by atoms with Gasteiger partial charge in [0.15, 0.2) is 0 Å². The number of nitrogens with zero attached hydrogens (tertiary/aromatic N) is 1. The molecule has 2 heteroatoms. The van der Waals surface area contributed by atoms with Gasteiger partial charge < -0.3 is 10.2 Å². The monoisotopic (exact) mass is 260 g/mol. The number of hydrogen-bond acceptors (Lipinski definition) is 2. The van der Waals surface area contributed by atoms with E-state index in [2.05, 4.69) is 62.2 Å². The summed E-state index contributed by atoms with van der Waals surface area (Å²) in [7, 11) is 0. The number of nitrogens with one attached hydrogen (secondary N) is 1. The molecule has 1 aliphatic heterocycles. The van der Waals surface area contributed by atoms with Crippen LogP contribution in [0.1, 0.15) is 46.1 Å². The summed E-state index contributed by atoms with van der Waals surface area (Å²) in [4.78, 5) is 2.61. The second-order valence-electron chi connectivity index (χ2n) is 6.62. The number of hydrogen-bond donors (Lipinski definition) is 1. The van der Waals surface area contributed by atoms with Gasteiger partial charge >= 0.3 is 0 Å². The summed E-state index contributed by atoms with van der Waals surface area (Å²) in [6.07, 6.45) is 3.70. The second kappa shape index (κ2) is 5.96. The Bertz CT molecular complexity index is 406.